The minimum absolute atomic E-state index is 0.00204. The average molecular weight is 173 g/mol. The summed E-state index contributed by atoms with van der Waals surface area (Å²) in [6, 6.07) is 0. The van der Waals surface area contributed by atoms with Gasteiger partial charge in [0.1, 0.15) is 0 Å². The Bertz CT molecular complexity index is 143. The van der Waals surface area contributed by atoms with Gasteiger partial charge in [-0.1, -0.05) is 0 Å². The standard InChI is InChI=1S/C8H15NO3/c1-2-11-8(10)5-7-6-9-3-4-12-7/h7,9H,2-6H2,1H3. The van der Waals surface area contributed by atoms with E-state index in [9.17, 15) is 4.79 Å². The SMILES string of the molecule is CCOC(=O)CC1CNCCO1. The molecule has 1 unspecified atom stereocenters. The lowest BCUT2D eigenvalue weighted by Crippen LogP contribution is -2.39. The lowest BCUT2D eigenvalue weighted by Gasteiger charge is -2.22. The fraction of sp³-hybridized carbons (Fsp3) is 0.875. The Labute approximate surface area is 72.2 Å². The second kappa shape index (κ2) is 5.11. The molecule has 1 aliphatic heterocycles. The van der Waals surface area contributed by atoms with Gasteiger partial charge in [-0.2, -0.15) is 0 Å². The molecule has 0 spiro atoms. The Morgan fingerprint density at radius 3 is 3.17 bits per heavy atom. The summed E-state index contributed by atoms with van der Waals surface area (Å²) >= 11 is 0. The first-order valence-electron chi connectivity index (χ1n) is 4.31. The van der Waals surface area contributed by atoms with Gasteiger partial charge >= 0.3 is 5.97 Å². The van der Waals surface area contributed by atoms with Crippen molar-refractivity contribution in [3.8, 4) is 0 Å². The summed E-state index contributed by atoms with van der Waals surface area (Å²) in [4.78, 5) is 11.0. The molecule has 1 N–H and O–H groups in total. The fourth-order valence-electron chi connectivity index (χ4n) is 1.16. The molecule has 1 heterocycles. The topological polar surface area (TPSA) is 47.6 Å². The first-order valence-corrected chi connectivity index (χ1v) is 4.31. The molecule has 4 heteroatoms. The molecule has 1 atom stereocenters. The minimum Gasteiger partial charge on any atom is -0.466 e. The summed E-state index contributed by atoms with van der Waals surface area (Å²) < 4.78 is 10.1. The Morgan fingerprint density at radius 2 is 2.58 bits per heavy atom. The van der Waals surface area contributed by atoms with Crippen LogP contribution in [-0.2, 0) is 14.3 Å². The van der Waals surface area contributed by atoms with Crippen LogP contribution in [0.5, 0.6) is 0 Å². The van der Waals surface area contributed by atoms with E-state index in [1.807, 2.05) is 0 Å². The van der Waals surface area contributed by atoms with Gasteiger partial charge < -0.3 is 14.8 Å². The van der Waals surface area contributed by atoms with Gasteiger partial charge in [0.15, 0.2) is 0 Å². The number of rotatable bonds is 3. The second-order valence-corrected chi connectivity index (χ2v) is 2.71. The zero-order valence-corrected chi connectivity index (χ0v) is 7.34. The maximum absolute atomic E-state index is 11.0. The zero-order valence-electron chi connectivity index (χ0n) is 7.34. The molecule has 0 amide bonds. The molecule has 0 saturated carbocycles. The Kier molecular flexibility index (Phi) is 4.04. The number of carbonyl (C=O) groups excluding carboxylic acids is 1. The van der Waals surface area contributed by atoms with E-state index >= 15 is 0 Å². The molecule has 4 nitrogen and oxygen atoms in total. The third kappa shape index (κ3) is 3.19. The van der Waals surface area contributed by atoms with Gasteiger partial charge in [0.25, 0.3) is 0 Å². The predicted molar refractivity (Wildman–Crippen MR) is 43.9 cm³/mol. The van der Waals surface area contributed by atoms with E-state index in [2.05, 4.69) is 5.32 Å². The lowest BCUT2D eigenvalue weighted by molar-refractivity contribution is -0.146. The van der Waals surface area contributed by atoms with E-state index in [4.69, 9.17) is 9.47 Å². The smallest absolute Gasteiger partial charge is 0.308 e. The summed E-state index contributed by atoms with van der Waals surface area (Å²) in [5, 5.41) is 3.15. The Hall–Kier alpha value is -0.610. The van der Waals surface area contributed by atoms with Crippen LogP contribution in [0.1, 0.15) is 13.3 Å². The first kappa shape index (κ1) is 9.48. The van der Waals surface area contributed by atoms with Crippen molar-refractivity contribution < 1.29 is 14.3 Å². The molecule has 0 aromatic carbocycles. The Morgan fingerprint density at radius 1 is 1.75 bits per heavy atom. The maximum atomic E-state index is 11.0. The van der Waals surface area contributed by atoms with Crippen LogP contribution in [0.25, 0.3) is 0 Å². The average Bonchev–Trinajstić information content (AvgIpc) is 2.06. The molecule has 0 aromatic heterocycles. The highest BCUT2D eigenvalue weighted by Crippen LogP contribution is 2.02. The number of nitrogens with one attached hydrogen (secondary N) is 1. The third-order valence-electron chi connectivity index (χ3n) is 1.70. The van der Waals surface area contributed by atoms with Crippen molar-refractivity contribution in [2.24, 2.45) is 0 Å². The quantitative estimate of drug-likeness (QED) is 0.607. The van der Waals surface area contributed by atoms with Crippen molar-refractivity contribution in [2.75, 3.05) is 26.3 Å². The molecule has 1 saturated heterocycles. The molecule has 12 heavy (non-hydrogen) atoms. The lowest BCUT2D eigenvalue weighted by atomic mass is 10.2. The molecule has 0 radical (unpaired) electrons. The van der Waals surface area contributed by atoms with Crippen LogP contribution in [0.15, 0.2) is 0 Å². The number of carbonyl (C=O) groups is 1. The monoisotopic (exact) mass is 173 g/mol. The van der Waals surface area contributed by atoms with Gasteiger partial charge in [0.2, 0.25) is 0 Å². The van der Waals surface area contributed by atoms with E-state index in [1.54, 1.807) is 6.92 Å². The molecule has 0 bridgehead atoms. The van der Waals surface area contributed by atoms with E-state index in [1.165, 1.54) is 0 Å². The highest BCUT2D eigenvalue weighted by Gasteiger charge is 2.17. The van der Waals surface area contributed by atoms with Gasteiger partial charge in [-0.25, -0.2) is 0 Å². The van der Waals surface area contributed by atoms with Gasteiger partial charge in [-0.15, -0.1) is 0 Å². The first-order chi connectivity index (χ1) is 5.83. The highest BCUT2D eigenvalue weighted by atomic mass is 16.5. The summed E-state index contributed by atoms with van der Waals surface area (Å²) in [5.41, 5.74) is 0. The molecular formula is C8H15NO3. The third-order valence-corrected chi connectivity index (χ3v) is 1.70. The zero-order chi connectivity index (χ0) is 8.81. The summed E-state index contributed by atoms with van der Waals surface area (Å²) in [6.45, 7) is 4.55. The number of hydrogen-bond acceptors (Lipinski definition) is 4. The summed E-state index contributed by atoms with van der Waals surface area (Å²) in [7, 11) is 0. The summed E-state index contributed by atoms with van der Waals surface area (Å²) in [5.74, 6) is -0.175. The van der Waals surface area contributed by atoms with Gasteiger partial charge in [-0.3, -0.25) is 4.79 Å². The molecule has 1 aliphatic rings. The number of ether oxygens (including phenoxy) is 2. The van der Waals surface area contributed by atoms with Gasteiger partial charge in [-0.05, 0) is 6.92 Å². The van der Waals surface area contributed by atoms with Crippen molar-refractivity contribution in [1.82, 2.24) is 5.32 Å². The van der Waals surface area contributed by atoms with E-state index in [-0.39, 0.29) is 12.1 Å². The van der Waals surface area contributed by atoms with E-state index < -0.39 is 0 Å². The number of esters is 1. The molecule has 1 fully saturated rings. The molecule has 0 aromatic rings. The van der Waals surface area contributed by atoms with Crippen LogP contribution in [0.4, 0.5) is 0 Å². The van der Waals surface area contributed by atoms with Crippen molar-refractivity contribution in [3.05, 3.63) is 0 Å². The molecular weight excluding hydrogens is 158 g/mol. The minimum atomic E-state index is -0.175. The van der Waals surface area contributed by atoms with Crippen LogP contribution in [0, 0.1) is 0 Å². The predicted octanol–water partition coefficient (Wildman–Crippen LogP) is -0.0720. The largest absolute Gasteiger partial charge is 0.466 e. The van der Waals surface area contributed by atoms with Crippen LogP contribution in [0.3, 0.4) is 0 Å². The highest BCUT2D eigenvalue weighted by molar-refractivity contribution is 5.69. The fourth-order valence-corrected chi connectivity index (χ4v) is 1.16. The van der Waals surface area contributed by atoms with Gasteiger partial charge in [0, 0.05) is 13.1 Å². The maximum Gasteiger partial charge on any atom is 0.308 e. The molecule has 1 rings (SSSR count). The van der Waals surface area contributed by atoms with Crippen LogP contribution >= 0.6 is 0 Å². The van der Waals surface area contributed by atoms with Crippen molar-refractivity contribution >= 4 is 5.97 Å². The van der Waals surface area contributed by atoms with Crippen LogP contribution < -0.4 is 5.32 Å². The Balaban J connectivity index is 2.15. The second-order valence-electron chi connectivity index (χ2n) is 2.71. The molecule has 0 aliphatic carbocycles. The van der Waals surface area contributed by atoms with E-state index in [0.29, 0.717) is 19.6 Å². The number of morpholine rings is 1. The normalized spacial score (nSPS) is 23.6. The van der Waals surface area contributed by atoms with Crippen molar-refractivity contribution in [1.29, 1.82) is 0 Å². The number of hydrogen-bond donors (Lipinski definition) is 1. The van der Waals surface area contributed by atoms with Gasteiger partial charge in [0.05, 0.1) is 25.7 Å². The van der Waals surface area contributed by atoms with Crippen molar-refractivity contribution in [2.45, 2.75) is 19.4 Å². The van der Waals surface area contributed by atoms with E-state index in [0.717, 1.165) is 13.1 Å². The van der Waals surface area contributed by atoms with Crippen LogP contribution in [0.2, 0.25) is 0 Å². The van der Waals surface area contributed by atoms with Crippen LogP contribution in [-0.4, -0.2) is 38.4 Å². The summed E-state index contributed by atoms with van der Waals surface area (Å²) in [6.07, 6.45) is 0.360. The molecule has 70 valence electrons. The van der Waals surface area contributed by atoms with Crippen molar-refractivity contribution in [3.63, 3.8) is 0 Å².